The number of amidine groups is 1. The van der Waals surface area contributed by atoms with Crippen molar-refractivity contribution in [3.8, 4) is 0 Å². The number of nitrogens with one attached hydrogen (secondary N) is 2. The number of carboxylic acids is 1. The summed E-state index contributed by atoms with van der Waals surface area (Å²) in [6, 6.07) is 0.287. The van der Waals surface area contributed by atoms with Crippen LogP contribution in [0.5, 0.6) is 0 Å². The molecule has 0 aliphatic heterocycles. The summed E-state index contributed by atoms with van der Waals surface area (Å²) in [5.41, 5.74) is 5.59. The molecule has 3 aliphatic carbocycles. The van der Waals surface area contributed by atoms with Crippen LogP contribution < -0.4 is 11.1 Å². The number of nitrogens with two attached hydrogens (primary N) is 1. The average molecular weight is 376 g/mol. The molecule has 0 aromatic rings. The Morgan fingerprint density at radius 3 is 2.22 bits per heavy atom. The van der Waals surface area contributed by atoms with E-state index >= 15 is 0 Å². The van der Waals surface area contributed by atoms with Gasteiger partial charge in [-0.3, -0.25) is 10.2 Å². The maximum absolute atomic E-state index is 12.6. The summed E-state index contributed by atoms with van der Waals surface area (Å²) < 4.78 is 0. The quantitative estimate of drug-likeness (QED) is 0.336. The van der Waals surface area contributed by atoms with Crippen molar-refractivity contribution in [2.75, 3.05) is 0 Å². The van der Waals surface area contributed by atoms with Crippen molar-refractivity contribution in [1.29, 1.82) is 5.41 Å². The Balaban J connectivity index is 1.43. The van der Waals surface area contributed by atoms with Crippen LogP contribution in [0.4, 0.5) is 0 Å². The molecule has 0 aromatic carbocycles. The average Bonchev–Trinajstić information content (AvgIpc) is 2.66. The molecule has 3 fully saturated rings. The van der Waals surface area contributed by atoms with Crippen molar-refractivity contribution >= 4 is 17.7 Å². The summed E-state index contributed by atoms with van der Waals surface area (Å²) in [4.78, 5) is 23.4. The second-order valence-corrected chi connectivity index (χ2v) is 8.81. The monoisotopic (exact) mass is 375 g/mol. The zero-order valence-electron chi connectivity index (χ0n) is 16.0. The summed E-state index contributed by atoms with van der Waals surface area (Å²) >= 11 is 0. The highest BCUT2D eigenvalue weighted by Crippen LogP contribution is 2.43. The van der Waals surface area contributed by atoms with Gasteiger partial charge in [0.15, 0.2) is 0 Å². The first-order valence-corrected chi connectivity index (χ1v) is 10.5. The Morgan fingerprint density at radius 1 is 0.926 bits per heavy atom. The Morgan fingerprint density at radius 2 is 1.56 bits per heavy atom. The van der Waals surface area contributed by atoms with E-state index in [-0.39, 0.29) is 29.6 Å². The molecule has 0 radical (unpaired) electrons. The summed E-state index contributed by atoms with van der Waals surface area (Å²) in [5, 5.41) is 19.7. The largest absolute Gasteiger partial charge is 0.478 e. The molecule has 3 rings (SSSR count). The van der Waals surface area contributed by atoms with E-state index in [4.69, 9.17) is 16.2 Å². The minimum absolute atomic E-state index is 0.0789. The van der Waals surface area contributed by atoms with Crippen LogP contribution in [0.3, 0.4) is 0 Å². The third kappa shape index (κ3) is 5.33. The van der Waals surface area contributed by atoms with Gasteiger partial charge in [-0.1, -0.05) is 6.08 Å². The van der Waals surface area contributed by atoms with E-state index in [1.54, 1.807) is 0 Å². The van der Waals surface area contributed by atoms with Gasteiger partial charge in [0.1, 0.15) is 0 Å². The molecule has 0 bridgehead atoms. The molecule has 6 heteroatoms. The smallest absolute Gasteiger partial charge is 0.327 e. The molecule has 0 heterocycles. The van der Waals surface area contributed by atoms with E-state index < -0.39 is 5.97 Å². The zero-order chi connectivity index (χ0) is 19.4. The van der Waals surface area contributed by atoms with Gasteiger partial charge in [-0.25, -0.2) is 4.79 Å². The highest BCUT2D eigenvalue weighted by atomic mass is 16.4. The number of amides is 1. The molecule has 27 heavy (non-hydrogen) atoms. The number of carbonyl (C=O) groups excluding carboxylic acids is 1. The van der Waals surface area contributed by atoms with E-state index in [0.717, 1.165) is 64.2 Å². The summed E-state index contributed by atoms with van der Waals surface area (Å²) in [5.74, 6) is 1.56. The zero-order valence-corrected chi connectivity index (χ0v) is 16.0. The van der Waals surface area contributed by atoms with Crippen LogP contribution in [-0.2, 0) is 9.59 Å². The fourth-order valence-corrected chi connectivity index (χ4v) is 5.44. The Hall–Kier alpha value is -1.85. The van der Waals surface area contributed by atoms with E-state index in [9.17, 15) is 9.59 Å². The van der Waals surface area contributed by atoms with Crippen molar-refractivity contribution in [3.05, 3.63) is 12.2 Å². The predicted octanol–water partition coefficient (Wildman–Crippen LogP) is 3.07. The lowest BCUT2D eigenvalue weighted by Crippen LogP contribution is -2.45. The van der Waals surface area contributed by atoms with Gasteiger partial charge < -0.3 is 16.2 Å². The van der Waals surface area contributed by atoms with Gasteiger partial charge in [-0.15, -0.1) is 0 Å². The van der Waals surface area contributed by atoms with Crippen LogP contribution in [-0.4, -0.2) is 28.9 Å². The number of allylic oxidation sites excluding steroid dienone is 1. The van der Waals surface area contributed by atoms with Crippen LogP contribution >= 0.6 is 0 Å². The fraction of sp³-hybridized carbons (Fsp3) is 0.762. The third-order valence-electron chi connectivity index (χ3n) is 7.05. The minimum atomic E-state index is -0.860. The van der Waals surface area contributed by atoms with Crippen LogP contribution in [0.25, 0.3) is 0 Å². The molecule has 4 unspecified atom stereocenters. The van der Waals surface area contributed by atoms with Crippen molar-refractivity contribution in [1.82, 2.24) is 5.32 Å². The van der Waals surface area contributed by atoms with Crippen molar-refractivity contribution in [2.24, 2.45) is 35.3 Å². The van der Waals surface area contributed by atoms with E-state index in [1.165, 1.54) is 6.08 Å². The molecule has 4 atom stereocenters. The van der Waals surface area contributed by atoms with Crippen LogP contribution in [0.15, 0.2) is 12.2 Å². The first-order valence-electron chi connectivity index (χ1n) is 10.5. The maximum atomic E-state index is 12.6. The van der Waals surface area contributed by atoms with Crippen LogP contribution in [0, 0.1) is 35.0 Å². The summed E-state index contributed by atoms with van der Waals surface area (Å²) in [6.45, 7) is 0. The number of fused-ring (bicyclic) bond motifs is 1. The van der Waals surface area contributed by atoms with Gasteiger partial charge in [0.2, 0.25) is 5.91 Å². The van der Waals surface area contributed by atoms with Crippen molar-refractivity contribution in [2.45, 2.75) is 70.3 Å². The standard InChI is InChI=1S/C21H33N3O3/c22-20(23)14-4-6-15(7-5-14)21(27)24-18-9-8-16-11-13(2-10-19(25)26)1-3-17(16)12-18/h2,10,13-18H,1,3-9,11-12H2,(H3,22,23)(H,24,27)(H,25,26)/b10-2+. The fourth-order valence-electron chi connectivity index (χ4n) is 5.44. The molecule has 3 saturated carbocycles. The Labute approximate surface area is 161 Å². The molecule has 0 saturated heterocycles. The van der Waals surface area contributed by atoms with Gasteiger partial charge in [0.05, 0.1) is 5.84 Å². The molecule has 0 spiro atoms. The number of hydrogen-bond acceptors (Lipinski definition) is 3. The highest BCUT2D eigenvalue weighted by molar-refractivity contribution is 5.81. The number of carbonyl (C=O) groups is 2. The Bertz CT molecular complexity index is 595. The highest BCUT2D eigenvalue weighted by Gasteiger charge is 2.36. The molecular formula is C21H33N3O3. The first-order chi connectivity index (χ1) is 12.9. The second-order valence-electron chi connectivity index (χ2n) is 8.81. The van der Waals surface area contributed by atoms with Gasteiger partial charge in [0, 0.05) is 24.0 Å². The van der Waals surface area contributed by atoms with Crippen LogP contribution in [0.2, 0.25) is 0 Å². The lowest BCUT2D eigenvalue weighted by molar-refractivity contribution is -0.131. The molecule has 150 valence electrons. The van der Waals surface area contributed by atoms with Crippen molar-refractivity contribution < 1.29 is 14.7 Å². The molecule has 5 N–H and O–H groups in total. The van der Waals surface area contributed by atoms with Gasteiger partial charge in [-0.2, -0.15) is 0 Å². The second kappa shape index (κ2) is 8.89. The molecular weight excluding hydrogens is 342 g/mol. The third-order valence-corrected chi connectivity index (χ3v) is 7.05. The molecule has 6 nitrogen and oxygen atoms in total. The number of rotatable bonds is 5. The maximum Gasteiger partial charge on any atom is 0.327 e. The molecule has 3 aliphatic rings. The lowest BCUT2D eigenvalue weighted by Gasteiger charge is -2.42. The predicted molar refractivity (Wildman–Crippen MR) is 104 cm³/mol. The minimum Gasteiger partial charge on any atom is -0.478 e. The SMILES string of the molecule is N=C(N)C1CCC(C(=O)NC2CCC3CC(/C=C/C(=O)O)CCC3C2)CC1. The van der Waals surface area contributed by atoms with Crippen molar-refractivity contribution in [3.63, 3.8) is 0 Å². The van der Waals surface area contributed by atoms with Gasteiger partial charge in [0.25, 0.3) is 0 Å². The van der Waals surface area contributed by atoms with Gasteiger partial charge in [-0.05, 0) is 82.0 Å². The van der Waals surface area contributed by atoms with E-state index in [0.29, 0.717) is 17.8 Å². The summed E-state index contributed by atoms with van der Waals surface area (Å²) in [6.07, 6.45) is 13.0. The normalized spacial score (nSPS) is 36.7. The number of hydrogen-bond donors (Lipinski definition) is 4. The van der Waals surface area contributed by atoms with E-state index in [2.05, 4.69) is 5.32 Å². The van der Waals surface area contributed by atoms with Crippen LogP contribution in [0.1, 0.15) is 64.2 Å². The topological polar surface area (TPSA) is 116 Å². The summed E-state index contributed by atoms with van der Waals surface area (Å²) in [7, 11) is 0. The first kappa shape index (κ1) is 19.9. The lowest BCUT2D eigenvalue weighted by atomic mass is 9.66. The van der Waals surface area contributed by atoms with E-state index in [1.807, 2.05) is 6.08 Å². The Kier molecular flexibility index (Phi) is 6.55. The number of aliphatic carboxylic acids is 1. The molecule has 0 aromatic heterocycles. The van der Waals surface area contributed by atoms with Gasteiger partial charge >= 0.3 is 5.97 Å². The number of carboxylic acid groups (broad SMARTS) is 1. The molecule has 1 amide bonds.